The minimum absolute atomic E-state index is 0.0339. The number of hydrogen-bond donors (Lipinski definition) is 0. The van der Waals surface area contributed by atoms with Crippen LogP contribution in [0.15, 0.2) is 28.0 Å². The highest BCUT2D eigenvalue weighted by atomic mass is 32.2. The van der Waals surface area contributed by atoms with Crippen LogP contribution in [0.1, 0.15) is 20.3 Å². The van der Waals surface area contributed by atoms with E-state index < -0.39 is 19.7 Å². The molecule has 1 saturated heterocycles. The first-order chi connectivity index (χ1) is 9.51. The van der Waals surface area contributed by atoms with Gasteiger partial charge in [0.2, 0.25) is 0 Å². The largest absolute Gasteiger partial charge is 0.367 e. The van der Waals surface area contributed by atoms with E-state index in [1.54, 1.807) is 6.07 Å². The molecule has 1 fully saturated rings. The Labute approximate surface area is 126 Å². The van der Waals surface area contributed by atoms with E-state index in [4.69, 9.17) is 0 Å². The van der Waals surface area contributed by atoms with Gasteiger partial charge in [-0.3, -0.25) is 0 Å². The third kappa shape index (κ3) is 3.23. The zero-order valence-electron chi connectivity index (χ0n) is 12.7. The Morgan fingerprint density at radius 3 is 2.10 bits per heavy atom. The first kappa shape index (κ1) is 16.3. The minimum Gasteiger partial charge on any atom is -0.367 e. The summed E-state index contributed by atoms with van der Waals surface area (Å²) in [5, 5.41) is 0. The van der Waals surface area contributed by atoms with Crippen molar-refractivity contribution >= 4 is 25.4 Å². The molecule has 0 radical (unpaired) electrons. The summed E-state index contributed by atoms with van der Waals surface area (Å²) in [7, 11) is -6.93. The van der Waals surface area contributed by atoms with E-state index >= 15 is 0 Å². The highest BCUT2D eigenvalue weighted by Crippen LogP contribution is 2.35. The second-order valence-electron chi connectivity index (χ2n) is 5.87. The Morgan fingerprint density at radius 1 is 1.05 bits per heavy atom. The average molecular weight is 331 g/mol. The Morgan fingerprint density at radius 2 is 1.67 bits per heavy atom. The van der Waals surface area contributed by atoms with Crippen molar-refractivity contribution in [3.8, 4) is 0 Å². The van der Waals surface area contributed by atoms with Gasteiger partial charge in [0.15, 0.2) is 19.7 Å². The molecule has 0 amide bonds. The fourth-order valence-electron chi connectivity index (χ4n) is 2.69. The molecule has 0 spiro atoms. The third-order valence-electron chi connectivity index (χ3n) is 4.21. The Hall–Kier alpha value is -1.08. The van der Waals surface area contributed by atoms with Gasteiger partial charge in [0, 0.05) is 25.1 Å². The van der Waals surface area contributed by atoms with Gasteiger partial charge in [0.25, 0.3) is 0 Å². The van der Waals surface area contributed by atoms with Crippen LogP contribution in [0.4, 0.5) is 5.69 Å². The summed E-state index contributed by atoms with van der Waals surface area (Å²) >= 11 is 0. The maximum Gasteiger partial charge on any atom is 0.177 e. The van der Waals surface area contributed by atoms with E-state index in [0.29, 0.717) is 11.6 Å². The topological polar surface area (TPSA) is 71.5 Å². The van der Waals surface area contributed by atoms with Crippen molar-refractivity contribution in [2.75, 3.05) is 24.0 Å². The lowest BCUT2D eigenvalue weighted by molar-refractivity contribution is 0.544. The van der Waals surface area contributed by atoms with Gasteiger partial charge in [-0.15, -0.1) is 0 Å². The van der Waals surface area contributed by atoms with Gasteiger partial charge in [-0.1, -0.05) is 6.92 Å². The first-order valence-electron chi connectivity index (χ1n) is 6.82. The molecule has 0 aromatic heterocycles. The van der Waals surface area contributed by atoms with E-state index in [1.165, 1.54) is 12.1 Å². The molecule has 1 heterocycles. The number of sulfone groups is 2. The standard InChI is InChI=1S/C14H21NO4S2/c1-10-7-8-15(11(10)2)13-6-5-12(20(3,16)17)9-14(13)21(4,18)19/h5-6,9-11H,7-8H2,1-4H3. The molecule has 1 aliphatic rings. The lowest BCUT2D eigenvalue weighted by atomic mass is 10.1. The van der Waals surface area contributed by atoms with Crippen LogP contribution in [0.2, 0.25) is 0 Å². The molecule has 2 rings (SSSR count). The third-order valence-corrected chi connectivity index (χ3v) is 6.44. The minimum atomic E-state index is -3.50. The van der Waals surface area contributed by atoms with Gasteiger partial charge in [-0.25, -0.2) is 16.8 Å². The Kier molecular flexibility index (Phi) is 4.10. The maximum atomic E-state index is 12.1. The molecule has 5 nitrogen and oxygen atoms in total. The van der Waals surface area contributed by atoms with E-state index in [-0.39, 0.29) is 15.8 Å². The van der Waals surface area contributed by atoms with Crippen LogP contribution < -0.4 is 4.90 Å². The summed E-state index contributed by atoms with van der Waals surface area (Å²) in [6, 6.07) is 4.60. The van der Waals surface area contributed by atoms with Crippen LogP contribution in [0.3, 0.4) is 0 Å². The van der Waals surface area contributed by atoms with Gasteiger partial charge in [0.05, 0.1) is 15.5 Å². The molecule has 118 valence electrons. The van der Waals surface area contributed by atoms with Crippen LogP contribution in [-0.4, -0.2) is 41.9 Å². The van der Waals surface area contributed by atoms with E-state index in [1.807, 2.05) is 4.90 Å². The van der Waals surface area contributed by atoms with Crippen LogP contribution >= 0.6 is 0 Å². The first-order valence-corrected chi connectivity index (χ1v) is 10.6. The molecule has 0 bridgehead atoms. The molecule has 2 unspecified atom stereocenters. The number of hydrogen-bond acceptors (Lipinski definition) is 5. The molecule has 1 aliphatic heterocycles. The highest BCUT2D eigenvalue weighted by Gasteiger charge is 2.31. The van der Waals surface area contributed by atoms with Crippen molar-refractivity contribution in [2.24, 2.45) is 5.92 Å². The fourth-order valence-corrected chi connectivity index (χ4v) is 4.32. The molecular formula is C14H21NO4S2. The molecule has 2 atom stereocenters. The molecule has 0 aliphatic carbocycles. The van der Waals surface area contributed by atoms with Gasteiger partial charge in [-0.05, 0) is 37.5 Å². The molecule has 7 heteroatoms. The number of rotatable bonds is 3. The summed E-state index contributed by atoms with van der Waals surface area (Å²) in [6.07, 6.45) is 3.19. The molecule has 0 N–H and O–H groups in total. The average Bonchev–Trinajstić information content (AvgIpc) is 2.67. The smallest absolute Gasteiger partial charge is 0.177 e. The van der Waals surface area contributed by atoms with Gasteiger partial charge < -0.3 is 4.90 Å². The number of benzene rings is 1. The molecule has 1 aromatic carbocycles. The highest BCUT2D eigenvalue weighted by molar-refractivity contribution is 7.91. The molecule has 21 heavy (non-hydrogen) atoms. The molecule has 0 saturated carbocycles. The van der Waals surface area contributed by atoms with E-state index in [2.05, 4.69) is 13.8 Å². The second-order valence-corrected chi connectivity index (χ2v) is 9.87. The lowest BCUT2D eigenvalue weighted by Gasteiger charge is -2.27. The van der Waals surface area contributed by atoms with Crippen molar-refractivity contribution in [3.05, 3.63) is 18.2 Å². The van der Waals surface area contributed by atoms with Crippen LogP contribution in [0.5, 0.6) is 0 Å². The number of nitrogens with zero attached hydrogens (tertiary/aromatic N) is 1. The van der Waals surface area contributed by atoms with Crippen molar-refractivity contribution in [1.82, 2.24) is 0 Å². The maximum absolute atomic E-state index is 12.1. The Balaban J connectivity index is 2.62. The summed E-state index contributed by atoms with van der Waals surface area (Å²) in [4.78, 5) is 2.17. The van der Waals surface area contributed by atoms with Crippen molar-refractivity contribution in [3.63, 3.8) is 0 Å². The van der Waals surface area contributed by atoms with Crippen LogP contribution in [-0.2, 0) is 19.7 Å². The zero-order valence-corrected chi connectivity index (χ0v) is 14.3. The van der Waals surface area contributed by atoms with Gasteiger partial charge in [0.1, 0.15) is 0 Å². The molecule has 1 aromatic rings. The van der Waals surface area contributed by atoms with Crippen LogP contribution in [0.25, 0.3) is 0 Å². The summed E-state index contributed by atoms with van der Waals surface area (Å²) < 4.78 is 47.4. The van der Waals surface area contributed by atoms with Crippen LogP contribution in [0, 0.1) is 5.92 Å². The monoisotopic (exact) mass is 331 g/mol. The second kappa shape index (κ2) is 5.28. The number of anilines is 1. The van der Waals surface area contributed by atoms with Gasteiger partial charge in [-0.2, -0.15) is 0 Å². The molecular weight excluding hydrogens is 310 g/mol. The quantitative estimate of drug-likeness (QED) is 0.843. The van der Waals surface area contributed by atoms with Gasteiger partial charge >= 0.3 is 0 Å². The van der Waals surface area contributed by atoms with E-state index in [0.717, 1.165) is 25.5 Å². The summed E-state index contributed by atoms with van der Waals surface area (Å²) in [5.41, 5.74) is 0.599. The zero-order chi connectivity index (χ0) is 16.0. The van der Waals surface area contributed by atoms with E-state index in [9.17, 15) is 16.8 Å². The summed E-state index contributed by atoms with van der Waals surface area (Å²) in [6.45, 7) is 4.98. The Bertz CT molecular complexity index is 753. The predicted molar refractivity (Wildman–Crippen MR) is 83.3 cm³/mol. The SMILES string of the molecule is CC1CCN(c2ccc(S(C)(=O)=O)cc2S(C)(=O)=O)C1C. The lowest BCUT2D eigenvalue weighted by Crippen LogP contribution is -2.30. The summed E-state index contributed by atoms with van der Waals surface area (Å²) in [5.74, 6) is 0.479. The predicted octanol–water partition coefficient (Wildman–Crippen LogP) is 1.73. The normalized spacial score (nSPS) is 23.5. The fraction of sp³-hybridized carbons (Fsp3) is 0.571. The van der Waals surface area contributed by atoms with Crippen molar-refractivity contribution < 1.29 is 16.8 Å². The van der Waals surface area contributed by atoms with Crippen molar-refractivity contribution in [1.29, 1.82) is 0 Å². The van der Waals surface area contributed by atoms with Crippen molar-refractivity contribution in [2.45, 2.75) is 36.1 Å².